The van der Waals surface area contributed by atoms with Crippen molar-refractivity contribution in [1.82, 2.24) is 14.4 Å². The van der Waals surface area contributed by atoms with Gasteiger partial charge in [-0.15, -0.1) is 0 Å². The summed E-state index contributed by atoms with van der Waals surface area (Å²) >= 11 is 0. The Bertz CT molecular complexity index is 1040. The number of likely N-dealkylation sites (tertiary alicyclic amines) is 1. The number of aromatic nitrogens is 1. The summed E-state index contributed by atoms with van der Waals surface area (Å²) in [6.07, 6.45) is 12.3. The van der Waals surface area contributed by atoms with Crippen LogP contribution >= 0.6 is 0 Å². The Hall–Kier alpha value is -2.11. The molecule has 1 aromatic carbocycles. The van der Waals surface area contributed by atoms with Crippen molar-refractivity contribution in [2.45, 2.75) is 57.2 Å². The fourth-order valence-corrected chi connectivity index (χ4v) is 7.15. The molecule has 4 atom stereocenters. The number of rotatable bonds is 4. The monoisotopic (exact) mass is 433 g/mol. The van der Waals surface area contributed by atoms with E-state index in [1.54, 1.807) is 12.7 Å². The Balaban J connectivity index is 1.32. The fourth-order valence-electron chi connectivity index (χ4n) is 7.15. The number of hydrogen-bond donors (Lipinski definition) is 0. The Labute approximate surface area is 191 Å². The molecule has 0 N–H and O–H groups in total. The average Bonchev–Trinajstić information content (AvgIpc) is 3.25. The second-order valence-electron chi connectivity index (χ2n) is 10.2. The number of carbonyl (C=O) groups is 1. The van der Waals surface area contributed by atoms with Crippen LogP contribution in [0.25, 0.3) is 10.9 Å². The first kappa shape index (κ1) is 20.5. The maximum Gasteiger partial charge on any atom is 0.255 e. The molecule has 2 bridgehead atoms. The smallest absolute Gasteiger partial charge is 0.255 e. The molecule has 1 aliphatic carbocycles. The summed E-state index contributed by atoms with van der Waals surface area (Å²) in [7, 11) is 1.73. The van der Waals surface area contributed by atoms with Gasteiger partial charge < -0.3 is 14.2 Å². The first-order valence-electron chi connectivity index (χ1n) is 12.6. The zero-order valence-corrected chi connectivity index (χ0v) is 19.2. The van der Waals surface area contributed by atoms with Gasteiger partial charge >= 0.3 is 0 Å². The van der Waals surface area contributed by atoms with Gasteiger partial charge in [0.2, 0.25) is 0 Å². The minimum atomic E-state index is 0.218. The van der Waals surface area contributed by atoms with E-state index in [9.17, 15) is 4.79 Å². The molecule has 3 saturated heterocycles. The van der Waals surface area contributed by atoms with Gasteiger partial charge in [-0.25, -0.2) is 0 Å². The number of methoxy groups -OCH3 is 1. The number of ether oxygens (including phenoxy) is 1. The van der Waals surface area contributed by atoms with Crippen LogP contribution in [0.5, 0.6) is 0 Å². The van der Waals surface area contributed by atoms with Crippen LogP contribution in [0.15, 0.2) is 42.1 Å². The molecular formula is C27H35N3O2. The highest BCUT2D eigenvalue weighted by molar-refractivity contribution is 6.06. The van der Waals surface area contributed by atoms with E-state index in [1.165, 1.54) is 45.2 Å². The standard InChI is InChI=1S/C27H35N3O2/c1-32-15-14-28-13-10-22-23(7-4-9-25(22)28)27(31)30-12-5-6-19-16-20-17-21(26(19)30)18-29-11-3-2-8-24(20)29/h4,7,9-10,13,16,20-21,24,26H,2-3,5-6,8,11-12,14-15,17-18H2,1H3/t20-,21-,24?,26?/m0/s1. The van der Waals surface area contributed by atoms with Crippen LogP contribution in [0.2, 0.25) is 0 Å². The topological polar surface area (TPSA) is 37.7 Å². The Kier molecular flexibility index (Phi) is 5.34. The number of nitrogens with zero attached hydrogens (tertiary/aromatic N) is 3. The van der Waals surface area contributed by atoms with E-state index in [2.05, 4.69) is 38.8 Å². The third-order valence-corrected chi connectivity index (χ3v) is 8.50. The second kappa shape index (κ2) is 8.35. The van der Waals surface area contributed by atoms with Crippen molar-refractivity contribution >= 4 is 16.8 Å². The zero-order chi connectivity index (χ0) is 21.7. The summed E-state index contributed by atoms with van der Waals surface area (Å²) in [5, 5.41) is 1.07. The highest BCUT2D eigenvalue weighted by atomic mass is 16.5. The summed E-state index contributed by atoms with van der Waals surface area (Å²) in [6, 6.07) is 9.33. The normalized spacial score (nSPS) is 30.0. The van der Waals surface area contributed by atoms with Gasteiger partial charge in [-0.05, 0) is 68.7 Å². The Morgan fingerprint density at radius 1 is 1.16 bits per heavy atom. The summed E-state index contributed by atoms with van der Waals surface area (Å²) in [5.41, 5.74) is 3.54. The second-order valence-corrected chi connectivity index (χ2v) is 10.2. The number of hydrogen-bond acceptors (Lipinski definition) is 3. The van der Waals surface area contributed by atoms with Crippen LogP contribution < -0.4 is 0 Å². The molecule has 3 aliphatic heterocycles. The molecular weight excluding hydrogens is 398 g/mol. The van der Waals surface area contributed by atoms with Crippen molar-refractivity contribution < 1.29 is 9.53 Å². The lowest BCUT2D eigenvalue weighted by Crippen LogP contribution is -2.60. The maximum atomic E-state index is 14.0. The summed E-state index contributed by atoms with van der Waals surface area (Å²) in [4.78, 5) is 19.0. The van der Waals surface area contributed by atoms with Crippen LogP contribution in [-0.2, 0) is 11.3 Å². The van der Waals surface area contributed by atoms with Gasteiger partial charge in [-0.3, -0.25) is 9.69 Å². The van der Waals surface area contributed by atoms with E-state index in [0.29, 0.717) is 24.5 Å². The number of benzene rings is 1. The molecule has 4 heterocycles. The van der Waals surface area contributed by atoms with Crippen LogP contribution in [0.4, 0.5) is 0 Å². The molecule has 2 aromatic rings. The van der Waals surface area contributed by atoms with Gasteiger partial charge in [-0.1, -0.05) is 24.1 Å². The van der Waals surface area contributed by atoms with E-state index in [-0.39, 0.29) is 5.91 Å². The number of amides is 1. The summed E-state index contributed by atoms with van der Waals surface area (Å²) in [6.45, 7) is 4.77. The van der Waals surface area contributed by atoms with Crippen molar-refractivity contribution in [3.05, 3.63) is 47.7 Å². The van der Waals surface area contributed by atoms with Crippen molar-refractivity contribution in [3.8, 4) is 0 Å². The third-order valence-electron chi connectivity index (χ3n) is 8.50. The highest BCUT2D eigenvalue weighted by Crippen LogP contribution is 2.45. The molecule has 3 fully saturated rings. The van der Waals surface area contributed by atoms with Crippen LogP contribution in [-0.4, -0.2) is 65.7 Å². The first-order valence-corrected chi connectivity index (χ1v) is 12.6. The van der Waals surface area contributed by atoms with Crippen molar-refractivity contribution in [2.24, 2.45) is 11.8 Å². The van der Waals surface area contributed by atoms with Gasteiger partial charge in [0.05, 0.1) is 12.6 Å². The molecule has 4 aliphatic rings. The predicted molar refractivity (Wildman–Crippen MR) is 127 cm³/mol. The van der Waals surface area contributed by atoms with E-state index >= 15 is 0 Å². The quantitative estimate of drug-likeness (QED) is 0.674. The first-order chi connectivity index (χ1) is 15.7. The van der Waals surface area contributed by atoms with E-state index < -0.39 is 0 Å². The van der Waals surface area contributed by atoms with Crippen molar-refractivity contribution in [2.75, 3.05) is 33.4 Å². The van der Waals surface area contributed by atoms with Crippen LogP contribution in [0.1, 0.15) is 48.9 Å². The third kappa shape index (κ3) is 3.32. The van der Waals surface area contributed by atoms with Crippen molar-refractivity contribution in [3.63, 3.8) is 0 Å². The Morgan fingerprint density at radius 2 is 2.09 bits per heavy atom. The van der Waals surface area contributed by atoms with E-state index in [0.717, 1.165) is 42.0 Å². The van der Waals surface area contributed by atoms with Gasteiger partial charge in [-0.2, -0.15) is 0 Å². The van der Waals surface area contributed by atoms with Crippen LogP contribution in [0.3, 0.4) is 0 Å². The van der Waals surface area contributed by atoms with Crippen molar-refractivity contribution in [1.29, 1.82) is 0 Å². The molecule has 32 heavy (non-hydrogen) atoms. The molecule has 5 heteroatoms. The minimum absolute atomic E-state index is 0.218. The molecule has 170 valence electrons. The summed E-state index contributed by atoms with van der Waals surface area (Å²) < 4.78 is 7.46. The molecule has 2 unspecified atom stereocenters. The van der Waals surface area contributed by atoms with Gasteiger partial charge in [0, 0.05) is 55.4 Å². The SMILES string of the molecule is COCCn1ccc2c(C(=O)N3CCCC4=C[C@H]5C[C@@H](CN6CCCCC56)C43)cccc21. The van der Waals surface area contributed by atoms with Gasteiger partial charge in [0.25, 0.3) is 5.91 Å². The van der Waals surface area contributed by atoms with Gasteiger partial charge in [0.15, 0.2) is 0 Å². The zero-order valence-electron chi connectivity index (χ0n) is 19.2. The predicted octanol–water partition coefficient (Wildman–Crippen LogP) is 4.32. The summed E-state index contributed by atoms with van der Waals surface area (Å²) in [5.74, 6) is 1.51. The number of fused-ring (bicyclic) bond motifs is 7. The van der Waals surface area contributed by atoms with Gasteiger partial charge in [0.1, 0.15) is 0 Å². The Morgan fingerprint density at radius 3 is 3.00 bits per heavy atom. The lowest BCUT2D eigenvalue weighted by atomic mass is 9.68. The minimum Gasteiger partial charge on any atom is -0.383 e. The maximum absolute atomic E-state index is 14.0. The lowest BCUT2D eigenvalue weighted by molar-refractivity contribution is 0.00153. The fraction of sp³-hybridized carbons (Fsp3) is 0.593. The molecule has 1 amide bonds. The largest absolute Gasteiger partial charge is 0.383 e. The lowest BCUT2D eigenvalue weighted by Gasteiger charge is -2.54. The van der Waals surface area contributed by atoms with Crippen LogP contribution in [0, 0.1) is 11.8 Å². The highest BCUT2D eigenvalue weighted by Gasteiger charge is 2.47. The molecule has 0 saturated carbocycles. The number of piperidine rings is 3. The van der Waals surface area contributed by atoms with E-state index in [1.807, 2.05) is 12.1 Å². The number of carbonyl (C=O) groups excluding carboxylic acids is 1. The molecule has 0 radical (unpaired) electrons. The molecule has 0 spiro atoms. The molecule has 6 rings (SSSR count). The average molecular weight is 434 g/mol. The molecule has 5 nitrogen and oxygen atoms in total. The van der Waals surface area contributed by atoms with E-state index in [4.69, 9.17) is 4.74 Å². The molecule has 1 aromatic heterocycles.